The Kier molecular flexibility index (Phi) is 11.0. The Hall–Kier alpha value is -3.18. The molecule has 1 aromatic heterocycles. The Balaban J connectivity index is 1.53. The number of nitrogens with zero attached hydrogens (tertiary/aromatic N) is 2. The normalized spacial score (nSPS) is 12.0. The minimum atomic E-state index is -3.09. The molecule has 0 aliphatic carbocycles. The minimum absolute atomic E-state index is 0.0356. The van der Waals surface area contributed by atoms with Gasteiger partial charge < -0.3 is 9.05 Å². The molecule has 3 aromatic carbocycles. The van der Waals surface area contributed by atoms with Crippen LogP contribution < -0.4 is 5.69 Å². The van der Waals surface area contributed by atoms with Crippen LogP contribution in [0.3, 0.4) is 0 Å². The van der Waals surface area contributed by atoms with Crippen molar-refractivity contribution in [2.24, 2.45) is 0 Å². The van der Waals surface area contributed by atoms with Crippen molar-refractivity contribution >= 4 is 7.60 Å². The molecule has 0 spiro atoms. The number of unbranched alkanes of at least 4 members (excludes halogenated alkanes) is 4. The maximum Gasteiger partial charge on any atom is 0.333 e. The van der Waals surface area contributed by atoms with Crippen molar-refractivity contribution < 1.29 is 13.6 Å². The van der Waals surface area contributed by atoms with Crippen molar-refractivity contribution in [2.75, 3.05) is 6.16 Å². The van der Waals surface area contributed by atoms with E-state index in [1.165, 1.54) is 0 Å². The Morgan fingerprint density at radius 1 is 0.634 bits per heavy atom. The smallest absolute Gasteiger partial charge is 0.306 e. The number of para-hydroxylation sites is 1. The molecule has 0 aliphatic heterocycles. The standard InChI is InChI=1S/C34H43N2O4P/c1-27(2)39-41(38,40-28(3)4)26-18-7-5-6-17-25-35-32(29-19-11-8-12-20-29)33(30-21-13-9-14-22-30)36(34(35)37)31-23-15-10-16-24-31/h8-16,19-24,27-28H,5-7,17-18,25-26H2,1-4H3. The van der Waals surface area contributed by atoms with E-state index < -0.39 is 7.60 Å². The van der Waals surface area contributed by atoms with Crippen LogP contribution in [0.4, 0.5) is 0 Å². The first kappa shape index (κ1) is 30.8. The van der Waals surface area contributed by atoms with Crippen molar-refractivity contribution in [3.63, 3.8) is 0 Å². The van der Waals surface area contributed by atoms with Crippen LogP contribution in [0, 0.1) is 0 Å². The van der Waals surface area contributed by atoms with E-state index in [1.54, 1.807) is 0 Å². The molecule has 1 heterocycles. The molecule has 0 fully saturated rings. The monoisotopic (exact) mass is 574 g/mol. The summed E-state index contributed by atoms with van der Waals surface area (Å²) in [7, 11) is -3.09. The van der Waals surface area contributed by atoms with Gasteiger partial charge in [-0.25, -0.2) is 4.79 Å². The molecule has 0 radical (unpaired) electrons. The molecule has 0 saturated heterocycles. The van der Waals surface area contributed by atoms with Gasteiger partial charge in [-0.05, 0) is 52.7 Å². The van der Waals surface area contributed by atoms with Crippen molar-refractivity contribution in [2.45, 2.75) is 78.6 Å². The summed E-state index contributed by atoms with van der Waals surface area (Å²) >= 11 is 0. The van der Waals surface area contributed by atoms with E-state index in [-0.39, 0.29) is 17.9 Å². The fraction of sp³-hybridized carbons (Fsp3) is 0.382. The Morgan fingerprint density at radius 2 is 1.10 bits per heavy atom. The lowest BCUT2D eigenvalue weighted by atomic mass is 10.0. The van der Waals surface area contributed by atoms with Gasteiger partial charge in [0.1, 0.15) is 0 Å². The molecular formula is C34H43N2O4P. The quantitative estimate of drug-likeness (QED) is 0.105. The maximum atomic E-state index is 14.1. The van der Waals surface area contributed by atoms with Crippen molar-refractivity contribution in [3.8, 4) is 28.2 Å². The van der Waals surface area contributed by atoms with Gasteiger partial charge in [-0.3, -0.25) is 13.7 Å². The van der Waals surface area contributed by atoms with Crippen LogP contribution >= 0.6 is 7.60 Å². The zero-order valence-corrected chi connectivity index (χ0v) is 25.6. The number of rotatable bonds is 15. The van der Waals surface area contributed by atoms with E-state index in [9.17, 15) is 9.36 Å². The van der Waals surface area contributed by atoms with Crippen molar-refractivity contribution in [1.29, 1.82) is 0 Å². The highest BCUT2D eigenvalue weighted by Crippen LogP contribution is 2.51. The first-order valence-corrected chi connectivity index (χ1v) is 16.5. The van der Waals surface area contributed by atoms with Crippen LogP contribution in [-0.2, 0) is 20.2 Å². The van der Waals surface area contributed by atoms with Gasteiger partial charge >= 0.3 is 13.3 Å². The number of benzene rings is 3. The largest absolute Gasteiger partial charge is 0.333 e. The molecular weight excluding hydrogens is 531 g/mol. The van der Waals surface area contributed by atoms with Crippen LogP contribution in [0.15, 0.2) is 95.8 Å². The summed E-state index contributed by atoms with van der Waals surface area (Å²) in [6, 6.07) is 30.2. The summed E-state index contributed by atoms with van der Waals surface area (Å²) in [5.74, 6) is 0. The summed E-state index contributed by atoms with van der Waals surface area (Å²) in [6.07, 6.45) is 4.71. The third-order valence-corrected chi connectivity index (χ3v) is 9.16. The SMILES string of the molecule is CC(C)OP(=O)(CCCCCCCn1c(-c2ccccc2)c(-c2ccccc2)n(-c2ccccc2)c1=O)OC(C)C. The second-order valence-corrected chi connectivity index (χ2v) is 13.0. The Labute approximate surface area is 244 Å². The summed E-state index contributed by atoms with van der Waals surface area (Å²) in [4.78, 5) is 14.1. The molecule has 0 N–H and O–H groups in total. The summed E-state index contributed by atoms with van der Waals surface area (Å²) in [5.41, 5.74) is 4.67. The van der Waals surface area contributed by atoms with Crippen molar-refractivity contribution in [1.82, 2.24) is 9.13 Å². The summed E-state index contributed by atoms with van der Waals surface area (Å²) in [5, 5.41) is 0. The first-order chi connectivity index (χ1) is 19.8. The average molecular weight is 575 g/mol. The van der Waals surface area contributed by atoms with Crippen LogP contribution in [0.2, 0.25) is 0 Å². The van der Waals surface area contributed by atoms with E-state index in [1.807, 2.05) is 104 Å². The number of aromatic nitrogens is 2. The summed E-state index contributed by atoms with van der Waals surface area (Å²) in [6.45, 7) is 8.16. The second kappa shape index (κ2) is 14.6. The molecule has 0 bridgehead atoms. The van der Waals surface area contributed by atoms with Gasteiger partial charge in [-0.1, -0.05) is 98.1 Å². The lowest BCUT2D eigenvalue weighted by Gasteiger charge is -2.22. The molecule has 218 valence electrons. The zero-order chi connectivity index (χ0) is 29.2. The van der Waals surface area contributed by atoms with Crippen LogP contribution in [0.5, 0.6) is 0 Å². The molecule has 7 heteroatoms. The zero-order valence-electron chi connectivity index (χ0n) is 24.7. The predicted octanol–water partition coefficient (Wildman–Crippen LogP) is 8.97. The van der Waals surface area contributed by atoms with E-state index in [0.29, 0.717) is 12.7 Å². The van der Waals surface area contributed by atoms with E-state index >= 15 is 0 Å². The highest BCUT2D eigenvalue weighted by atomic mass is 31.2. The lowest BCUT2D eigenvalue weighted by Crippen LogP contribution is -2.24. The van der Waals surface area contributed by atoms with Gasteiger partial charge in [0.25, 0.3) is 0 Å². The topological polar surface area (TPSA) is 62.5 Å². The van der Waals surface area contributed by atoms with Crippen molar-refractivity contribution in [3.05, 3.63) is 101 Å². The number of hydrogen-bond donors (Lipinski definition) is 0. The minimum Gasteiger partial charge on any atom is -0.306 e. The highest BCUT2D eigenvalue weighted by molar-refractivity contribution is 7.53. The predicted molar refractivity (Wildman–Crippen MR) is 169 cm³/mol. The van der Waals surface area contributed by atoms with Gasteiger partial charge in [-0.2, -0.15) is 0 Å². The Bertz CT molecular complexity index is 1450. The maximum absolute atomic E-state index is 14.1. The first-order valence-electron chi connectivity index (χ1n) is 14.8. The van der Waals surface area contributed by atoms with Gasteiger partial charge in [-0.15, -0.1) is 0 Å². The van der Waals surface area contributed by atoms with Gasteiger partial charge in [0.05, 0.1) is 35.4 Å². The molecule has 0 amide bonds. The summed E-state index contributed by atoms with van der Waals surface area (Å²) < 4.78 is 28.2. The van der Waals surface area contributed by atoms with Crippen LogP contribution in [0.1, 0.15) is 59.8 Å². The van der Waals surface area contributed by atoms with Gasteiger partial charge in [0, 0.05) is 17.7 Å². The fourth-order valence-electron chi connectivity index (χ4n) is 5.20. The molecule has 41 heavy (non-hydrogen) atoms. The highest BCUT2D eigenvalue weighted by Gasteiger charge is 2.27. The fourth-order valence-corrected chi connectivity index (χ4v) is 7.35. The van der Waals surface area contributed by atoms with E-state index in [2.05, 4.69) is 24.3 Å². The molecule has 0 atom stereocenters. The van der Waals surface area contributed by atoms with E-state index in [4.69, 9.17) is 9.05 Å². The Morgan fingerprint density at radius 3 is 1.63 bits per heavy atom. The number of hydrogen-bond acceptors (Lipinski definition) is 4. The second-order valence-electron chi connectivity index (χ2n) is 10.9. The average Bonchev–Trinajstić information content (AvgIpc) is 3.24. The molecule has 0 aliphatic rings. The third-order valence-electron chi connectivity index (χ3n) is 6.81. The van der Waals surface area contributed by atoms with Crippen LogP contribution in [0.25, 0.3) is 28.2 Å². The molecule has 6 nitrogen and oxygen atoms in total. The van der Waals surface area contributed by atoms with E-state index in [0.717, 1.165) is 60.3 Å². The van der Waals surface area contributed by atoms with Gasteiger partial charge in [0.2, 0.25) is 0 Å². The van der Waals surface area contributed by atoms with Gasteiger partial charge in [0.15, 0.2) is 0 Å². The molecule has 4 aromatic rings. The van der Waals surface area contributed by atoms with Crippen LogP contribution in [-0.4, -0.2) is 27.5 Å². The molecule has 0 unspecified atom stereocenters. The molecule has 4 rings (SSSR count). The third kappa shape index (κ3) is 8.19. The number of imidazole rings is 1. The lowest BCUT2D eigenvalue weighted by molar-refractivity contribution is 0.142. The molecule has 0 saturated carbocycles.